The van der Waals surface area contributed by atoms with Crippen LogP contribution in [-0.4, -0.2) is 70.2 Å². The Hall–Kier alpha value is -2.22. The normalized spacial score (nSPS) is 10.8. The highest BCUT2D eigenvalue weighted by Crippen LogP contribution is 2.23. The zero-order chi connectivity index (χ0) is 21.3. The van der Waals surface area contributed by atoms with Gasteiger partial charge in [0, 0.05) is 5.41 Å². The highest BCUT2D eigenvalue weighted by atomic mass is 16.3. The second-order valence-corrected chi connectivity index (χ2v) is 5.74. The number of carbonyl (C=O) groups excluding carboxylic acids is 2. The third-order valence-corrected chi connectivity index (χ3v) is 3.55. The zero-order valence-corrected chi connectivity index (χ0v) is 15.8. The molecule has 0 aliphatic heterocycles. The maximum absolute atomic E-state index is 10.00. The lowest BCUT2D eigenvalue weighted by atomic mass is 9.88. The largest absolute Gasteiger partial charge is 0.396 e. The molecule has 1 atom stereocenters. The molecular formula is C18H28N2O7. The van der Waals surface area contributed by atoms with Crippen molar-refractivity contribution in [2.45, 2.75) is 33.3 Å². The molecule has 1 aromatic rings. The summed E-state index contributed by atoms with van der Waals surface area (Å²) in [6.45, 7) is 4.54. The fraction of sp³-hybridized carbons (Fsp3) is 0.556. The number of hydrogen-bond acceptors (Lipinski definition) is 9. The predicted octanol–water partition coefficient (Wildman–Crippen LogP) is 0.649. The third-order valence-electron chi connectivity index (χ3n) is 3.55. The van der Waals surface area contributed by atoms with Crippen molar-refractivity contribution < 1.29 is 35.1 Å². The molecule has 0 fully saturated rings. The van der Waals surface area contributed by atoms with Gasteiger partial charge in [-0.25, -0.2) is 9.59 Å². The second kappa shape index (κ2) is 16.0. The lowest BCUT2D eigenvalue weighted by molar-refractivity contribution is 0.00304. The van der Waals surface area contributed by atoms with E-state index in [1.165, 1.54) is 25.1 Å². The van der Waals surface area contributed by atoms with Gasteiger partial charge in [0.25, 0.3) is 0 Å². The van der Waals surface area contributed by atoms with Crippen molar-refractivity contribution in [2.24, 2.45) is 15.4 Å². The van der Waals surface area contributed by atoms with Crippen LogP contribution in [0.4, 0.5) is 11.4 Å². The number of hydrogen-bond donors (Lipinski definition) is 5. The van der Waals surface area contributed by atoms with Crippen LogP contribution in [-0.2, 0) is 9.59 Å². The molecule has 0 spiro atoms. The molecule has 0 aliphatic carbocycles. The maximum atomic E-state index is 10.00. The van der Waals surface area contributed by atoms with Crippen LogP contribution in [0.15, 0.2) is 28.2 Å². The second-order valence-electron chi connectivity index (χ2n) is 5.74. The summed E-state index contributed by atoms with van der Waals surface area (Å²) in [6, 6.07) is 4.88. The van der Waals surface area contributed by atoms with Gasteiger partial charge in [0.1, 0.15) is 0 Å². The van der Waals surface area contributed by atoms with Crippen molar-refractivity contribution >= 4 is 23.5 Å². The predicted molar refractivity (Wildman–Crippen MR) is 99.5 cm³/mol. The van der Waals surface area contributed by atoms with Crippen molar-refractivity contribution in [3.8, 4) is 0 Å². The Kier molecular flexibility index (Phi) is 16.0. The van der Waals surface area contributed by atoms with Crippen molar-refractivity contribution in [2.75, 3.05) is 26.4 Å². The van der Waals surface area contributed by atoms with Gasteiger partial charge in [-0.15, -0.1) is 0 Å². The minimum atomic E-state index is -0.667. The average molecular weight is 384 g/mol. The Morgan fingerprint density at radius 1 is 1.04 bits per heavy atom. The molecule has 0 heterocycles. The van der Waals surface area contributed by atoms with E-state index in [0.29, 0.717) is 17.8 Å². The van der Waals surface area contributed by atoms with Crippen LogP contribution in [0.25, 0.3) is 0 Å². The van der Waals surface area contributed by atoms with Gasteiger partial charge in [0.15, 0.2) is 0 Å². The topological polar surface area (TPSA) is 160 Å². The smallest absolute Gasteiger partial charge is 0.240 e. The number of aliphatic hydroxyl groups excluding tert-OH is 5. The quantitative estimate of drug-likeness (QED) is 0.341. The van der Waals surface area contributed by atoms with Crippen LogP contribution in [0.5, 0.6) is 0 Å². The van der Waals surface area contributed by atoms with Crippen molar-refractivity contribution in [1.82, 2.24) is 0 Å². The third kappa shape index (κ3) is 11.9. The summed E-state index contributed by atoms with van der Waals surface area (Å²) in [5.74, 6) is 0. The lowest BCUT2D eigenvalue weighted by Gasteiger charge is -2.24. The van der Waals surface area contributed by atoms with Gasteiger partial charge < -0.3 is 25.5 Å². The molecule has 9 nitrogen and oxygen atoms in total. The molecule has 0 aromatic heterocycles. The number of rotatable bonds is 7. The SMILES string of the molecule is CC(O)CO.CCC(CO)(CO)CO.Cc1ccc(N=C=O)cc1N=C=O. The van der Waals surface area contributed by atoms with E-state index in [-0.39, 0.29) is 26.4 Å². The Balaban J connectivity index is 0. The Morgan fingerprint density at radius 2 is 1.52 bits per heavy atom. The first-order chi connectivity index (χ1) is 12.8. The van der Waals surface area contributed by atoms with Gasteiger partial charge in [0.05, 0.1) is 43.9 Å². The van der Waals surface area contributed by atoms with E-state index in [0.717, 1.165) is 5.56 Å². The van der Waals surface area contributed by atoms with E-state index in [9.17, 15) is 9.59 Å². The highest BCUT2D eigenvalue weighted by Gasteiger charge is 2.24. The van der Waals surface area contributed by atoms with Crippen LogP contribution >= 0.6 is 0 Å². The molecule has 0 radical (unpaired) electrons. The van der Waals surface area contributed by atoms with E-state index in [1.54, 1.807) is 19.1 Å². The number of aliphatic hydroxyl groups is 5. The van der Waals surface area contributed by atoms with Crippen LogP contribution in [0.2, 0.25) is 0 Å². The molecule has 0 saturated carbocycles. The molecule has 0 bridgehead atoms. The lowest BCUT2D eigenvalue weighted by Crippen LogP contribution is -2.32. The first kappa shape index (κ1) is 27.0. The van der Waals surface area contributed by atoms with Crippen LogP contribution in [0.1, 0.15) is 25.8 Å². The van der Waals surface area contributed by atoms with Crippen LogP contribution in [0.3, 0.4) is 0 Å². The Morgan fingerprint density at radius 3 is 1.81 bits per heavy atom. The average Bonchev–Trinajstić information content (AvgIpc) is 2.68. The summed E-state index contributed by atoms with van der Waals surface area (Å²) in [6.07, 6.45) is 2.87. The summed E-state index contributed by atoms with van der Waals surface area (Å²) in [4.78, 5) is 26.8. The van der Waals surface area contributed by atoms with Gasteiger partial charge >= 0.3 is 0 Å². The molecular weight excluding hydrogens is 356 g/mol. The van der Waals surface area contributed by atoms with Crippen LogP contribution in [0, 0.1) is 12.3 Å². The number of aliphatic imine (C=N–C) groups is 2. The molecule has 5 N–H and O–H groups in total. The number of benzene rings is 1. The minimum absolute atomic E-state index is 0.139. The molecule has 1 aromatic carbocycles. The van der Waals surface area contributed by atoms with Gasteiger partial charge in [-0.1, -0.05) is 13.0 Å². The first-order valence-corrected chi connectivity index (χ1v) is 8.17. The minimum Gasteiger partial charge on any atom is -0.396 e. The molecule has 1 rings (SSSR count). The van der Waals surface area contributed by atoms with E-state index in [4.69, 9.17) is 25.5 Å². The fourth-order valence-electron chi connectivity index (χ4n) is 1.38. The number of isocyanates is 2. The van der Waals surface area contributed by atoms with E-state index < -0.39 is 11.5 Å². The monoisotopic (exact) mass is 384 g/mol. The zero-order valence-electron chi connectivity index (χ0n) is 15.8. The molecule has 9 heteroatoms. The maximum Gasteiger partial charge on any atom is 0.240 e. The molecule has 0 saturated heterocycles. The van der Waals surface area contributed by atoms with Crippen molar-refractivity contribution in [3.63, 3.8) is 0 Å². The number of aryl methyl sites for hydroxylation is 1. The summed E-state index contributed by atoms with van der Waals surface area (Å²) in [5, 5.41) is 42.0. The highest BCUT2D eigenvalue weighted by molar-refractivity contribution is 5.61. The first-order valence-electron chi connectivity index (χ1n) is 8.17. The molecule has 1 unspecified atom stereocenters. The van der Waals surface area contributed by atoms with Gasteiger partial charge in [-0.05, 0) is 38.0 Å². The summed E-state index contributed by atoms with van der Waals surface area (Å²) < 4.78 is 0. The van der Waals surface area contributed by atoms with Crippen LogP contribution < -0.4 is 0 Å². The summed E-state index contributed by atoms with van der Waals surface area (Å²) >= 11 is 0. The van der Waals surface area contributed by atoms with Gasteiger partial charge in [-0.3, -0.25) is 0 Å². The van der Waals surface area contributed by atoms with E-state index in [1.807, 2.05) is 6.92 Å². The van der Waals surface area contributed by atoms with Crippen molar-refractivity contribution in [3.05, 3.63) is 23.8 Å². The Labute approximate surface area is 158 Å². The number of nitrogens with zero attached hydrogens (tertiary/aromatic N) is 2. The van der Waals surface area contributed by atoms with E-state index in [2.05, 4.69) is 9.98 Å². The molecule has 0 amide bonds. The molecule has 0 aliphatic rings. The van der Waals surface area contributed by atoms with Gasteiger partial charge in [-0.2, -0.15) is 9.98 Å². The standard InChI is InChI=1S/C9H6N2O2.C6H14O3.C3H8O2/c1-7-2-3-8(10-5-12)4-9(7)11-6-13;1-2-6(3-7,4-8)5-9;1-3(5)2-4/h2-4H,1H3;7-9H,2-5H2,1H3;3-5H,2H2,1H3. The van der Waals surface area contributed by atoms with Crippen molar-refractivity contribution in [1.29, 1.82) is 0 Å². The molecule has 152 valence electrons. The summed E-state index contributed by atoms with van der Waals surface area (Å²) in [5.41, 5.74) is 1.05. The molecule has 27 heavy (non-hydrogen) atoms. The van der Waals surface area contributed by atoms with E-state index >= 15 is 0 Å². The fourth-order valence-corrected chi connectivity index (χ4v) is 1.38. The summed E-state index contributed by atoms with van der Waals surface area (Å²) in [7, 11) is 0. The Bertz CT molecular complexity index is 601. The van der Waals surface area contributed by atoms with Gasteiger partial charge in [0.2, 0.25) is 12.2 Å².